The van der Waals surface area contributed by atoms with Crippen LogP contribution in [0.15, 0.2) is 24.3 Å². The molecule has 2 heteroatoms. The maximum absolute atomic E-state index is 9.53. The third kappa shape index (κ3) is 1.63. The van der Waals surface area contributed by atoms with Crippen LogP contribution in [0.1, 0.15) is 18.1 Å². The lowest BCUT2D eigenvalue weighted by Crippen LogP contribution is -2.14. The largest absolute Gasteiger partial charge is 0.358 e. The molecule has 0 aliphatic heterocycles. The Kier molecular flexibility index (Phi) is 2.16. The first-order valence-electron chi connectivity index (χ1n) is 3.74. The van der Waals surface area contributed by atoms with E-state index in [1.807, 2.05) is 19.1 Å². The number of rotatable bonds is 1. The SMILES string of the molecule is [C-]#[N+]C(C)(O)c1ccc(C)cc1. The zero-order valence-corrected chi connectivity index (χ0v) is 7.20. The summed E-state index contributed by atoms with van der Waals surface area (Å²) in [6.07, 6.45) is 0. The number of benzene rings is 1. The standard InChI is InChI=1S/C10H11NO/c1-8-4-6-9(7-5-8)10(2,12)11-3/h4-7,12H,1-2H3. The zero-order chi connectivity index (χ0) is 9.19. The molecule has 0 aliphatic rings. The Hall–Kier alpha value is -1.33. The molecule has 0 bridgehead atoms. The van der Waals surface area contributed by atoms with E-state index in [9.17, 15) is 5.11 Å². The molecule has 0 aromatic heterocycles. The summed E-state index contributed by atoms with van der Waals surface area (Å²) in [7, 11) is 0. The maximum atomic E-state index is 9.53. The van der Waals surface area contributed by atoms with Crippen molar-refractivity contribution in [1.29, 1.82) is 0 Å². The molecule has 0 heterocycles. The van der Waals surface area contributed by atoms with Crippen molar-refractivity contribution >= 4 is 0 Å². The van der Waals surface area contributed by atoms with Gasteiger partial charge in [0.05, 0.1) is 5.56 Å². The first-order valence-corrected chi connectivity index (χ1v) is 3.74. The van der Waals surface area contributed by atoms with Crippen LogP contribution in [0, 0.1) is 13.5 Å². The molecule has 1 aromatic rings. The average molecular weight is 161 g/mol. The molecule has 0 amide bonds. The lowest BCUT2D eigenvalue weighted by molar-refractivity contribution is 0.108. The molecule has 1 atom stereocenters. The van der Waals surface area contributed by atoms with Gasteiger partial charge in [-0.15, -0.1) is 0 Å². The van der Waals surface area contributed by atoms with Crippen LogP contribution in [0.25, 0.3) is 4.85 Å². The van der Waals surface area contributed by atoms with Crippen LogP contribution in [0.5, 0.6) is 0 Å². The predicted octanol–water partition coefficient (Wildman–Crippen LogP) is 2.08. The first kappa shape index (κ1) is 8.76. The van der Waals surface area contributed by atoms with Crippen LogP contribution >= 0.6 is 0 Å². The van der Waals surface area contributed by atoms with Gasteiger partial charge in [-0.2, -0.15) is 0 Å². The number of nitrogens with zero attached hydrogens (tertiary/aromatic N) is 1. The van der Waals surface area contributed by atoms with Crippen molar-refractivity contribution in [2.24, 2.45) is 0 Å². The van der Waals surface area contributed by atoms with Crippen LogP contribution in [0.4, 0.5) is 0 Å². The molecular weight excluding hydrogens is 150 g/mol. The Bertz CT molecular complexity index is 306. The smallest absolute Gasteiger partial charge is 0.320 e. The number of aliphatic hydroxyl groups is 1. The van der Waals surface area contributed by atoms with Gasteiger partial charge in [0.15, 0.2) is 0 Å². The molecule has 2 nitrogen and oxygen atoms in total. The normalized spacial score (nSPS) is 14.8. The van der Waals surface area contributed by atoms with Crippen molar-refractivity contribution in [2.75, 3.05) is 0 Å². The molecule has 1 N–H and O–H groups in total. The fourth-order valence-electron chi connectivity index (χ4n) is 0.934. The second kappa shape index (κ2) is 2.96. The molecule has 0 fully saturated rings. The minimum absolute atomic E-state index is 0.642. The van der Waals surface area contributed by atoms with Crippen molar-refractivity contribution < 1.29 is 5.11 Å². The first-order chi connectivity index (χ1) is 5.56. The quantitative estimate of drug-likeness (QED) is 0.626. The summed E-state index contributed by atoms with van der Waals surface area (Å²) in [4.78, 5) is 3.13. The topological polar surface area (TPSA) is 24.6 Å². The van der Waals surface area contributed by atoms with Gasteiger partial charge in [0, 0.05) is 6.92 Å². The van der Waals surface area contributed by atoms with Crippen LogP contribution in [-0.4, -0.2) is 5.11 Å². The van der Waals surface area contributed by atoms with E-state index in [0.29, 0.717) is 5.56 Å². The molecule has 1 rings (SSSR count). The molecule has 0 radical (unpaired) electrons. The van der Waals surface area contributed by atoms with E-state index in [0.717, 1.165) is 5.56 Å². The molecule has 1 aromatic carbocycles. The van der Waals surface area contributed by atoms with Crippen molar-refractivity contribution in [1.82, 2.24) is 0 Å². The highest BCUT2D eigenvalue weighted by atomic mass is 16.3. The van der Waals surface area contributed by atoms with E-state index < -0.39 is 5.72 Å². The summed E-state index contributed by atoms with van der Waals surface area (Å²) in [5.41, 5.74) is 0.385. The molecule has 12 heavy (non-hydrogen) atoms. The van der Waals surface area contributed by atoms with Gasteiger partial charge in [-0.1, -0.05) is 17.7 Å². The summed E-state index contributed by atoms with van der Waals surface area (Å²) >= 11 is 0. The minimum Gasteiger partial charge on any atom is -0.320 e. The van der Waals surface area contributed by atoms with Crippen molar-refractivity contribution in [2.45, 2.75) is 19.6 Å². The maximum Gasteiger partial charge on any atom is 0.358 e. The van der Waals surface area contributed by atoms with E-state index in [-0.39, 0.29) is 0 Å². The summed E-state index contributed by atoms with van der Waals surface area (Å²) < 4.78 is 0. The predicted molar refractivity (Wildman–Crippen MR) is 47.4 cm³/mol. The highest BCUT2D eigenvalue weighted by Crippen LogP contribution is 2.21. The van der Waals surface area contributed by atoms with Gasteiger partial charge in [0.1, 0.15) is 0 Å². The zero-order valence-electron chi connectivity index (χ0n) is 7.20. The van der Waals surface area contributed by atoms with E-state index in [1.165, 1.54) is 6.92 Å². The monoisotopic (exact) mass is 161 g/mol. The number of hydrogen-bond acceptors (Lipinski definition) is 1. The lowest BCUT2D eigenvalue weighted by Gasteiger charge is -2.09. The summed E-state index contributed by atoms with van der Waals surface area (Å²) in [5.74, 6) is 0. The Labute approximate surface area is 72.3 Å². The van der Waals surface area contributed by atoms with Crippen LogP contribution in [0.2, 0.25) is 0 Å². The Balaban J connectivity index is 3.07. The van der Waals surface area contributed by atoms with Gasteiger partial charge in [-0.25, -0.2) is 6.57 Å². The van der Waals surface area contributed by atoms with Gasteiger partial charge >= 0.3 is 5.72 Å². The van der Waals surface area contributed by atoms with Crippen LogP contribution in [0.3, 0.4) is 0 Å². The molecule has 0 aliphatic carbocycles. The Morgan fingerprint density at radius 2 is 1.83 bits per heavy atom. The third-order valence-electron chi connectivity index (χ3n) is 1.82. The van der Waals surface area contributed by atoms with Crippen LogP contribution < -0.4 is 0 Å². The van der Waals surface area contributed by atoms with E-state index >= 15 is 0 Å². The summed E-state index contributed by atoms with van der Waals surface area (Å²) in [6.45, 7) is 10.2. The molecule has 1 unspecified atom stereocenters. The van der Waals surface area contributed by atoms with Crippen molar-refractivity contribution in [3.63, 3.8) is 0 Å². The number of aryl methyl sites for hydroxylation is 1. The van der Waals surface area contributed by atoms with Crippen molar-refractivity contribution in [3.8, 4) is 0 Å². The fourth-order valence-corrected chi connectivity index (χ4v) is 0.934. The van der Waals surface area contributed by atoms with E-state index in [4.69, 9.17) is 6.57 Å². The van der Waals surface area contributed by atoms with Gasteiger partial charge < -0.3 is 5.11 Å². The molecule has 0 spiro atoms. The van der Waals surface area contributed by atoms with Crippen molar-refractivity contribution in [3.05, 3.63) is 46.8 Å². The third-order valence-corrected chi connectivity index (χ3v) is 1.82. The second-order valence-corrected chi connectivity index (χ2v) is 3.00. The average Bonchev–Trinajstić information content (AvgIpc) is 2.05. The van der Waals surface area contributed by atoms with Gasteiger partial charge in [0.25, 0.3) is 0 Å². The highest BCUT2D eigenvalue weighted by molar-refractivity contribution is 5.27. The molecule has 0 saturated heterocycles. The van der Waals surface area contributed by atoms with Crippen LogP contribution in [-0.2, 0) is 5.72 Å². The minimum atomic E-state index is -1.38. The summed E-state index contributed by atoms with van der Waals surface area (Å²) in [5, 5.41) is 9.53. The second-order valence-electron chi connectivity index (χ2n) is 3.00. The van der Waals surface area contributed by atoms with E-state index in [1.54, 1.807) is 12.1 Å². The molecule has 62 valence electrons. The molecule has 0 saturated carbocycles. The van der Waals surface area contributed by atoms with Gasteiger partial charge in [-0.05, 0) is 19.1 Å². The molecular formula is C10H11NO. The Morgan fingerprint density at radius 3 is 2.25 bits per heavy atom. The van der Waals surface area contributed by atoms with E-state index in [2.05, 4.69) is 4.85 Å². The van der Waals surface area contributed by atoms with Gasteiger partial charge in [-0.3, -0.25) is 4.85 Å². The number of hydrogen-bond donors (Lipinski definition) is 1. The highest BCUT2D eigenvalue weighted by Gasteiger charge is 2.28. The fraction of sp³-hybridized carbons (Fsp3) is 0.300. The van der Waals surface area contributed by atoms with Gasteiger partial charge in [0.2, 0.25) is 0 Å². The Morgan fingerprint density at radius 1 is 1.33 bits per heavy atom. The summed E-state index contributed by atoms with van der Waals surface area (Å²) in [6, 6.07) is 7.31. The lowest BCUT2D eigenvalue weighted by atomic mass is 10.0.